The fraction of sp³-hybridized carbons (Fsp3) is 0.417. The Hall–Kier alpha value is -3.44. The smallest absolute Gasteiger partial charge is 0.256 e. The molecule has 3 N–H and O–H groups in total. The van der Waals surface area contributed by atoms with Gasteiger partial charge in [0.25, 0.3) is 5.91 Å². The standard InChI is InChI=1S/C24H30N6O2/c1-4-18(14-25)16(2)28-23-8-6-20(15-27-23)19-5-7-21(22(13-19)29-17(3)31)24(32)30-11-9-26-10-12-30/h5-8,13,15-16,18,26H,4,9-12H2,1-3H3,(H,27,28)(H,29,31)/t16?,18-/m0/s1. The van der Waals surface area contributed by atoms with Crippen LogP contribution in [0.3, 0.4) is 0 Å². The lowest BCUT2D eigenvalue weighted by Gasteiger charge is -2.28. The molecule has 2 aromatic rings. The van der Waals surface area contributed by atoms with Crippen LogP contribution < -0.4 is 16.1 Å². The van der Waals surface area contributed by atoms with Crippen molar-refractivity contribution in [2.45, 2.75) is 33.2 Å². The Labute approximate surface area is 188 Å². The number of piperazine rings is 1. The predicted octanol–water partition coefficient (Wildman–Crippen LogP) is 2.52. The van der Waals surface area contributed by atoms with Crippen LogP contribution >= 0.6 is 0 Å². The van der Waals surface area contributed by atoms with Crippen molar-refractivity contribution in [2.24, 2.45) is 10.9 Å². The average Bonchev–Trinajstić information content (AvgIpc) is 2.80. The largest absolute Gasteiger partial charge is 0.346 e. The van der Waals surface area contributed by atoms with E-state index >= 15 is 0 Å². The van der Waals surface area contributed by atoms with Gasteiger partial charge in [0, 0.05) is 39.3 Å². The Balaban J connectivity index is 1.88. The zero-order valence-electron chi connectivity index (χ0n) is 18.8. The first-order valence-electron chi connectivity index (χ1n) is 11.0. The van der Waals surface area contributed by atoms with Crippen molar-refractivity contribution in [2.75, 3.05) is 31.5 Å². The minimum atomic E-state index is -0.228. The number of carbonyl (C=O) groups is 2. The second kappa shape index (κ2) is 10.7. The number of nitrogens with one attached hydrogen (secondary N) is 3. The molecule has 0 aliphatic carbocycles. The molecule has 8 heteroatoms. The second-order valence-corrected chi connectivity index (χ2v) is 7.96. The van der Waals surface area contributed by atoms with E-state index in [4.69, 9.17) is 0 Å². The van der Waals surface area contributed by atoms with E-state index in [2.05, 4.69) is 26.7 Å². The third-order valence-electron chi connectivity index (χ3n) is 5.63. The number of aromatic amines is 1. The van der Waals surface area contributed by atoms with E-state index in [1.807, 2.05) is 44.3 Å². The van der Waals surface area contributed by atoms with Crippen molar-refractivity contribution >= 4 is 17.5 Å². The molecule has 0 saturated carbocycles. The number of amides is 2. The number of benzene rings is 1. The summed E-state index contributed by atoms with van der Waals surface area (Å²) in [5, 5.41) is 15.3. The number of pyridine rings is 1. The fourth-order valence-electron chi connectivity index (χ4n) is 3.77. The number of nitriles is 1. The maximum Gasteiger partial charge on any atom is 0.256 e. The number of rotatable bonds is 6. The SMILES string of the molecule is CC[C@@H](C#N)C(C)/N=c1/ccc(-c2ccc(C(=O)N3CCNCC3)c(NC(C)=O)c2)c[nH]1. The summed E-state index contributed by atoms with van der Waals surface area (Å²) in [6.07, 6.45) is 2.59. The van der Waals surface area contributed by atoms with Crippen molar-refractivity contribution in [3.63, 3.8) is 0 Å². The van der Waals surface area contributed by atoms with Crippen LogP contribution in [-0.2, 0) is 4.79 Å². The van der Waals surface area contributed by atoms with Gasteiger partial charge in [-0.2, -0.15) is 5.26 Å². The van der Waals surface area contributed by atoms with Crippen LogP contribution in [0.25, 0.3) is 11.1 Å². The van der Waals surface area contributed by atoms with Crippen LogP contribution in [0.15, 0.2) is 41.5 Å². The van der Waals surface area contributed by atoms with Crippen LogP contribution in [0.5, 0.6) is 0 Å². The van der Waals surface area contributed by atoms with E-state index in [0.717, 1.165) is 30.6 Å². The Morgan fingerprint density at radius 1 is 1.22 bits per heavy atom. The normalized spacial score (nSPS) is 16.2. The summed E-state index contributed by atoms with van der Waals surface area (Å²) in [6.45, 7) is 8.16. The topological polar surface area (TPSA) is 113 Å². The lowest BCUT2D eigenvalue weighted by Crippen LogP contribution is -2.46. The molecule has 8 nitrogen and oxygen atoms in total. The zero-order chi connectivity index (χ0) is 23.1. The summed E-state index contributed by atoms with van der Waals surface area (Å²) in [5.74, 6) is -0.433. The van der Waals surface area contributed by atoms with Gasteiger partial charge in [-0.15, -0.1) is 0 Å². The number of nitrogens with zero attached hydrogens (tertiary/aromatic N) is 3. The Morgan fingerprint density at radius 3 is 2.53 bits per heavy atom. The summed E-state index contributed by atoms with van der Waals surface area (Å²) >= 11 is 0. The van der Waals surface area contributed by atoms with Gasteiger partial charge in [-0.1, -0.05) is 13.0 Å². The van der Waals surface area contributed by atoms with Crippen LogP contribution in [0, 0.1) is 17.2 Å². The van der Waals surface area contributed by atoms with Gasteiger partial charge in [-0.25, -0.2) is 0 Å². The number of anilines is 1. The van der Waals surface area contributed by atoms with Gasteiger partial charge >= 0.3 is 0 Å². The molecule has 3 rings (SSSR count). The molecule has 2 heterocycles. The molecule has 0 bridgehead atoms. The van der Waals surface area contributed by atoms with Gasteiger partial charge in [-0.3, -0.25) is 14.6 Å². The highest BCUT2D eigenvalue weighted by atomic mass is 16.2. The molecular formula is C24H30N6O2. The summed E-state index contributed by atoms with van der Waals surface area (Å²) in [6, 6.07) is 11.5. The molecule has 0 radical (unpaired) electrons. The van der Waals surface area contributed by atoms with E-state index in [1.54, 1.807) is 11.0 Å². The highest BCUT2D eigenvalue weighted by Crippen LogP contribution is 2.26. The summed E-state index contributed by atoms with van der Waals surface area (Å²) in [5.41, 5.74) is 3.45. The molecule has 1 unspecified atom stereocenters. The Kier molecular flexibility index (Phi) is 7.79. The van der Waals surface area contributed by atoms with Gasteiger partial charge < -0.3 is 20.5 Å². The minimum Gasteiger partial charge on any atom is -0.346 e. The van der Waals surface area contributed by atoms with Crippen molar-refractivity contribution in [1.29, 1.82) is 5.26 Å². The van der Waals surface area contributed by atoms with Gasteiger partial charge in [-0.05, 0) is 48.7 Å². The molecule has 1 saturated heterocycles. The molecule has 2 atom stereocenters. The van der Waals surface area contributed by atoms with E-state index in [9.17, 15) is 14.9 Å². The van der Waals surface area contributed by atoms with Gasteiger partial charge in [0.2, 0.25) is 5.91 Å². The molecule has 1 aliphatic heterocycles. The Morgan fingerprint density at radius 2 is 1.94 bits per heavy atom. The summed E-state index contributed by atoms with van der Waals surface area (Å²) < 4.78 is 0. The second-order valence-electron chi connectivity index (χ2n) is 7.96. The maximum absolute atomic E-state index is 13.0. The van der Waals surface area contributed by atoms with Crippen LogP contribution in [-0.4, -0.2) is 53.9 Å². The third-order valence-corrected chi connectivity index (χ3v) is 5.63. The molecule has 32 heavy (non-hydrogen) atoms. The predicted molar refractivity (Wildman–Crippen MR) is 124 cm³/mol. The van der Waals surface area contributed by atoms with Crippen molar-refractivity contribution < 1.29 is 9.59 Å². The number of H-pyrrole nitrogens is 1. The van der Waals surface area contributed by atoms with E-state index in [0.29, 0.717) is 29.8 Å². The minimum absolute atomic E-state index is 0.0838. The average molecular weight is 435 g/mol. The molecular weight excluding hydrogens is 404 g/mol. The van der Waals surface area contributed by atoms with Crippen LogP contribution in [0.1, 0.15) is 37.6 Å². The summed E-state index contributed by atoms with van der Waals surface area (Å²) in [7, 11) is 0. The molecule has 1 fully saturated rings. The van der Waals surface area contributed by atoms with Gasteiger partial charge in [0.05, 0.1) is 29.3 Å². The van der Waals surface area contributed by atoms with Crippen LogP contribution in [0.4, 0.5) is 5.69 Å². The quantitative estimate of drug-likeness (QED) is 0.648. The molecule has 1 aromatic heterocycles. The fourth-order valence-corrected chi connectivity index (χ4v) is 3.77. The Bertz CT molecular complexity index is 1060. The number of hydrogen-bond donors (Lipinski definition) is 3. The highest BCUT2D eigenvalue weighted by molar-refractivity contribution is 6.04. The number of aromatic nitrogens is 1. The maximum atomic E-state index is 13.0. The van der Waals surface area contributed by atoms with Crippen molar-refractivity contribution in [1.82, 2.24) is 15.2 Å². The van der Waals surface area contributed by atoms with E-state index in [1.165, 1.54) is 6.92 Å². The zero-order valence-corrected chi connectivity index (χ0v) is 18.8. The van der Waals surface area contributed by atoms with Crippen molar-refractivity contribution in [3.8, 4) is 17.2 Å². The van der Waals surface area contributed by atoms with Crippen molar-refractivity contribution in [3.05, 3.63) is 47.6 Å². The highest BCUT2D eigenvalue weighted by Gasteiger charge is 2.21. The molecule has 0 spiro atoms. The van der Waals surface area contributed by atoms with Gasteiger partial charge in [0.1, 0.15) is 5.49 Å². The lowest BCUT2D eigenvalue weighted by molar-refractivity contribution is -0.114. The first-order valence-corrected chi connectivity index (χ1v) is 11.0. The van der Waals surface area contributed by atoms with Crippen LogP contribution in [0.2, 0.25) is 0 Å². The number of hydrogen-bond acceptors (Lipinski definition) is 5. The first kappa shape index (κ1) is 23.2. The molecule has 1 aliphatic rings. The molecule has 1 aromatic carbocycles. The summed E-state index contributed by atoms with van der Waals surface area (Å²) in [4.78, 5) is 34.3. The number of carbonyl (C=O) groups excluding carboxylic acids is 2. The monoisotopic (exact) mass is 434 g/mol. The lowest BCUT2D eigenvalue weighted by atomic mass is 10.0. The van der Waals surface area contributed by atoms with Gasteiger partial charge in [0.15, 0.2) is 0 Å². The van der Waals surface area contributed by atoms with E-state index < -0.39 is 0 Å². The third kappa shape index (κ3) is 5.62. The van der Waals surface area contributed by atoms with E-state index in [-0.39, 0.29) is 23.8 Å². The molecule has 2 amide bonds. The first-order chi connectivity index (χ1) is 15.4. The molecule has 168 valence electrons.